The summed E-state index contributed by atoms with van der Waals surface area (Å²) in [6.45, 7) is 5.34. The topological polar surface area (TPSA) is 58.4 Å². The Kier molecular flexibility index (Phi) is 5.85. The average Bonchev–Trinajstić information content (AvgIpc) is 2.70. The Labute approximate surface area is 123 Å². The first kappa shape index (κ1) is 15.8. The van der Waals surface area contributed by atoms with Crippen LogP contribution in [0.4, 0.5) is 0 Å². The molecular formula is C16H31N3O. The molecule has 1 aliphatic carbocycles. The van der Waals surface area contributed by atoms with E-state index in [4.69, 9.17) is 5.73 Å². The number of primary amides is 1. The van der Waals surface area contributed by atoms with E-state index < -0.39 is 5.54 Å². The van der Waals surface area contributed by atoms with Gasteiger partial charge in [0.15, 0.2) is 0 Å². The van der Waals surface area contributed by atoms with Crippen LogP contribution in [0.5, 0.6) is 0 Å². The monoisotopic (exact) mass is 281 g/mol. The molecule has 2 fully saturated rings. The van der Waals surface area contributed by atoms with Crippen molar-refractivity contribution in [2.45, 2.75) is 76.3 Å². The van der Waals surface area contributed by atoms with Gasteiger partial charge in [-0.15, -0.1) is 0 Å². The molecule has 4 heteroatoms. The lowest BCUT2D eigenvalue weighted by Crippen LogP contribution is -2.63. The van der Waals surface area contributed by atoms with Crippen LogP contribution in [0.2, 0.25) is 0 Å². The van der Waals surface area contributed by atoms with Crippen molar-refractivity contribution in [3.8, 4) is 0 Å². The van der Waals surface area contributed by atoms with Crippen LogP contribution < -0.4 is 11.1 Å². The Morgan fingerprint density at radius 1 is 1.20 bits per heavy atom. The normalized spacial score (nSPS) is 25.2. The van der Waals surface area contributed by atoms with Gasteiger partial charge in [-0.3, -0.25) is 4.79 Å². The van der Waals surface area contributed by atoms with E-state index in [0.29, 0.717) is 6.04 Å². The third-order valence-corrected chi connectivity index (χ3v) is 5.06. The summed E-state index contributed by atoms with van der Waals surface area (Å²) in [5.41, 5.74) is 5.31. The highest BCUT2D eigenvalue weighted by Gasteiger charge is 2.40. The molecular weight excluding hydrogens is 250 g/mol. The van der Waals surface area contributed by atoms with Crippen molar-refractivity contribution in [1.29, 1.82) is 0 Å². The van der Waals surface area contributed by atoms with Crippen molar-refractivity contribution in [2.75, 3.05) is 19.6 Å². The largest absolute Gasteiger partial charge is 0.368 e. The third-order valence-electron chi connectivity index (χ3n) is 5.06. The quantitative estimate of drug-likeness (QED) is 0.758. The van der Waals surface area contributed by atoms with Gasteiger partial charge in [0.1, 0.15) is 5.54 Å². The fourth-order valence-corrected chi connectivity index (χ4v) is 3.75. The molecule has 3 N–H and O–H groups in total. The molecule has 1 amide bonds. The second kappa shape index (κ2) is 7.41. The highest BCUT2D eigenvalue weighted by molar-refractivity contribution is 5.84. The smallest absolute Gasteiger partial charge is 0.237 e. The molecule has 2 rings (SSSR count). The molecule has 1 saturated heterocycles. The van der Waals surface area contributed by atoms with Gasteiger partial charge in [0, 0.05) is 19.1 Å². The summed E-state index contributed by atoms with van der Waals surface area (Å²) in [6.07, 6.45) is 10.6. The molecule has 0 bridgehead atoms. The number of nitrogens with zero attached hydrogens (tertiary/aromatic N) is 1. The Morgan fingerprint density at radius 3 is 2.30 bits per heavy atom. The van der Waals surface area contributed by atoms with Gasteiger partial charge in [-0.1, -0.05) is 32.6 Å². The summed E-state index contributed by atoms with van der Waals surface area (Å²) in [4.78, 5) is 14.5. The molecule has 2 aliphatic rings. The summed E-state index contributed by atoms with van der Waals surface area (Å²) in [5, 5.41) is 3.67. The minimum Gasteiger partial charge on any atom is -0.368 e. The van der Waals surface area contributed by atoms with Crippen LogP contribution in [-0.2, 0) is 4.79 Å². The number of nitrogens with one attached hydrogen (secondary N) is 1. The first-order valence-corrected chi connectivity index (χ1v) is 8.46. The third kappa shape index (κ3) is 3.95. The molecule has 0 aromatic heterocycles. The van der Waals surface area contributed by atoms with Gasteiger partial charge >= 0.3 is 0 Å². The number of amides is 1. The van der Waals surface area contributed by atoms with Gasteiger partial charge in [0.25, 0.3) is 0 Å². The Balaban J connectivity index is 1.94. The molecule has 1 aliphatic heterocycles. The number of piperidine rings is 1. The highest BCUT2D eigenvalue weighted by atomic mass is 16.1. The van der Waals surface area contributed by atoms with Crippen molar-refractivity contribution >= 4 is 5.91 Å². The lowest BCUT2D eigenvalue weighted by atomic mass is 9.85. The van der Waals surface area contributed by atoms with Gasteiger partial charge in [-0.25, -0.2) is 0 Å². The lowest BCUT2D eigenvalue weighted by Gasteiger charge is -2.42. The molecule has 0 atom stereocenters. The molecule has 0 spiro atoms. The number of hydrogen-bond donors (Lipinski definition) is 2. The predicted molar refractivity (Wildman–Crippen MR) is 82.5 cm³/mol. The zero-order chi connectivity index (χ0) is 14.4. The van der Waals surface area contributed by atoms with E-state index in [1.165, 1.54) is 44.9 Å². The second-order valence-electron chi connectivity index (χ2n) is 6.62. The highest BCUT2D eigenvalue weighted by Crippen LogP contribution is 2.26. The van der Waals surface area contributed by atoms with Gasteiger partial charge in [-0.05, 0) is 38.6 Å². The average molecular weight is 281 g/mol. The van der Waals surface area contributed by atoms with Crippen LogP contribution in [-0.4, -0.2) is 42.0 Å². The Morgan fingerprint density at radius 2 is 1.80 bits per heavy atom. The van der Waals surface area contributed by atoms with Crippen molar-refractivity contribution in [2.24, 2.45) is 5.73 Å². The molecule has 1 heterocycles. The van der Waals surface area contributed by atoms with Crippen molar-refractivity contribution in [1.82, 2.24) is 10.2 Å². The fourth-order valence-electron chi connectivity index (χ4n) is 3.75. The van der Waals surface area contributed by atoms with E-state index in [9.17, 15) is 4.79 Å². The minimum absolute atomic E-state index is 0.141. The number of rotatable bonds is 5. The molecule has 0 unspecified atom stereocenters. The lowest BCUT2D eigenvalue weighted by molar-refractivity contribution is -0.127. The molecule has 0 aromatic rings. The number of carbonyl (C=O) groups is 1. The van der Waals surface area contributed by atoms with Crippen LogP contribution >= 0.6 is 0 Å². The number of carbonyl (C=O) groups excluding carboxylic acids is 1. The number of likely N-dealkylation sites (tertiary alicyclic amines) is 1. The SMILES string of the molecule is CCCN1CCC(NC2CCCCCC2)(C(N)=O)CC1. The van der Waals surface area contributed by atoms with Crippen LogP contribution in [0.1, 0.15) is 64.7 Å². The van der Waals surface area contributed by atoms with Crippen molar-refractivity contribution < 1.29 is 4.79 Å². The molecule has 0 radical (unpaired) electrons. The Hall–Kier alpha value is -0.610. The first-order chi connectivity index (χ1) is 9.66. The van der Waals surface area contributed by atoms with Gasteiger partial charge in [-0.2, -0.15) is 0 Å². The second-order valence-corrected chi connectivity index (χ2v) is 6.62. The molecule has 1 saturated carbocycles. The summed E-state index contributed by atoms with van der Waals surface area (Å²) < 4.78 is 0. The van der Waals surface area contributed by atoms with Crippen LogP contribution in [0.15, 0.2) is 0 Å². The zero-order valence-electron chi connectivity index (χ0n) is 13.0. The maximum absolute atomic E-state index is 12.0. The number of nitrogens with two attached hydrogens (primary N) is 1. The van der Waals surface area contributed by atoms with E-state index in [1.807, 2.05) is 0 Å². The Bertz CT molecular complexity index is 303. The van der Waals surface area contributed by atoms with E-state index in [-0.39, 0.29) is 5.91 Å². The maximum atomic E-state index is 12.0. The van der Waals surface area contributed by atoms with Crippen LogP contribution in [0.25, 0.3) is 0 Å². The van der Waals surface area contributed by atoms with Gasteiger partial charge < -0.3 is 16.0 Å². The summed E-state index contributed by atoms with van der Waals surface area (Å²) in [5.74, 6) is -0.141. The van der Waals surface area contributed by atoms with Gasteiger partial charge in [0.05, 0.1) is 0 Å². The molecule has 116 valence electrons. The van der Waals surface area contributed by atoms with E-state index >= 15 is 0 Å². The maximum Gasteiger partial charge on any atom is 0.237 e. The minimum atomic E-state index is -0.445. The predicted octanol–water partition coefficient (Wildman–Crippen LogP) is 2.03. The molecule has 20 heavy (non-hydrogen) atoms. The zero-order valence-corrected chi connectivity index (χ0v) is 13.0. The van der Waals surface area contributed by atoms with E-state index in [0.717, 1.165) is 32.5 Å². The standard InChI is InChI=1S/C16H31N3O/c1-2-11-19-12-9-16(10-13-19,15(17)20)18-14-7-5-3-4-6-8-14/h14,18H,2-13H2,1H3,(H2,17,20). The fraction of sp³-hybridized carbons (Fsp3) is 0.938. The van der Waals surface area contributed by atoms with E-state index in [2.05, 4.69) is 17.1 Å². The van der Waals surface area contributed by atoms with Crippen molar-refractivity contribution in [3.63, 3.8) is 0 Å². The summed E-state index contributed by atoms with van der Waals surface area (Å²) in [6, 6.07) is 0.489. The molecule has 4 nitrogen and oxygen atoms in total. The van der Waals surface area contributed by atoms with Crippen LogP contribution in [0, 0.1) is 0 Å². The molecule has 0 aromatic carbocycles. The van der Waals surface area contributed by atoms with Crippen molar-refractivity contribution in [3.05, 3.63) is 0 Å². The van der Waals surface area contributed by atoms with Gasteiger partial charge in [0.2, 0.25) is 5.91 Å². The first-order valence-electron chi connectivity index (χ1n) is 8.46. The van der Waals surface area contributed by atoms with E-state index in [1.54, 1.807) is 0 Å². The number of hydrogen-bond acceptors (Lipinski definition) is 3. The summed E-state index contributed by atoms with van der Waals surface area (Å²) in [7, 11) is 0. The van der Waals surface area contributed by atoms with Crippen LogP contribution in [0.3, 0.4) is 0 Å². The summed E-state index contributed by atoms with van der Waals surface area (Å²) >= 11 is 0.